The van der Waals surface area contributed by atoms with Crippen LogP contribution in [-0.4, -0.2) is 48.5 Å². The fourth-order valence-electron chi connectivity index (χ4n) is 3.27. The lowest BCUT2D eigenvalue weighted by molar-refractivity contribution is -0.123. The number of methoxy groups -OCH3 is 1. The lowest BCUT2D eigenvalue weighted by atomic mass is 10.1. The Morgan fingerprint density at radius 2 is 1.87 bits per heavy atom. The van der Waals surface area contributed by atoms with Gasteiger partial charge in [-0.25, -0.2) is 4.90 Å². The molecule has 2 aromatic carbocycles. The molecule has 154 valence electrons. The van der Waals surface area contributed by atoms with Crippen LogP contribution in [0.15, 0.2) is 52.8 Å². The third-order valence-corrected chi connectivity index (χ3v) is 5.25. The molecule has 0 spiro atoms. The van der Waals surface area contributed by atoms with E-state index in [4.69, 9.17) is 27.9 Å². The molecule has 2 aromatic rings. The van der Waals surface area contributed by atoms with E-state index in [9.17, 15) is 14.4 Å². The first-order chi connectivity index (χ1) is 14.4. The Kier molecular flexibility index (Phi) is 5.31. The number of fused-ring (bicyclic) bond motifs is 1. The van der Waals surface area contributed by atoms with Gasteiger partial charge in [0.05, 0.1) is 23.5 Å². The van der Waals surface area contributed by atoms with Gasteiger partial charge in [-0.05, 0) is 42.5 Å². The van der Waals surface area contributed by atoms with Crippen molar-refractivity contribution in [2.24, 2.45) is 10.3 Å². The van der Waals surface area contributed by atoms with Gasteiger partial charge < -0.3 is 10.1 Å². The van der Waals surface area contributed by atoms with Crippen molar-refractivity contribution in [1.82, 2.24) is 5.01 Å². The molecule has 3 amide bonds. The summed E-state index contributed by atoms with van der Waals surface area (Å²) in [4.78, 5) is 39.1. The molecule has 2 atom stereocenters. The van der Waals surface area contributed by atoms with Gasteiger partial charge >= 0.3 is 0 Å². The average Bonchev–Trinajstić information content (AvgIpc) is 3.24. The summed E-state index contributed by atoms with van der Waals surface area (Å²) in [5, 5.41) is 12.3. The van der Waals surface area contributed by atoms with Crippen LogP contribution in [0.1, 0.15) is 0 Å². The molecule has 2 aliphatic heterocycles. The van der Waals surface area contributed by atoms with Gasteiger partial charge in [0, 0.05) is 5.02 Å². The molecule has 0 bridgehead atoms. The molecule has 1 fully saturated rings. The van der Waals surface area contributed by atoms with Crippen LogP contribution in [0.2, 0.25) is 10.0 Å². The molecular formula is C19H15Cl2N5O4. The van der Waals surface area contributed by atoms with Gasteiger partial charge in [0.25, 0.3) is 11.8 Å². The second kappa shape index (κ2) is 7.92. The fourth-order valence-corrected chi connectivity index (χ4v) is 3.72. The Hall–Kier alpha value is -3.17. The Morgan fingerprint density at radius 1 is 1.13 bits per heavy atom. The highest BCUT2D eigenvalue weighted by Gasteiger charge is 2.55. The summed E-state index contributed by atoms with van der Waals surface area (Å²) < 4.78 is 5.09. The average molecular weight is 448 g/mol. The molecule has 0 saturated carbocycles. The minimum absolute atomic E-state index is 0.273. The van der Waals surface area contributed by atoms with Gasteiger partial charge in [-0.3, -0.25) is 19.4 Å². The normalized spacial score (nSPS) is 20.0. The Bertz CT molecular complexity index is 1060. The number of carbonyl (C=O) groups is 3. The third kappa shape index (κ3) is 3.57. The number of nitrogens with zero attached hydrogens (tertiary/aromatic N) is 4. The Morgan fingerprint density at radius 3 is 2.53 bits per heavy atom. The molecule has 30 heavy (non-hydrogen) atoms. The van der Waals surface area contributed by atoms with E-state index in [-0.39, 0.29) is 11.6 Å². The molecule has 11 heteroatoms. The van der Waals surface area contributed by atoms with E-state index < -0.39 is 29.8 Å². The largest absolute Gasteiger partial charge is 0.497 e. The van der Waals surface area contributed by atoms with Crippen LogP contribution in [0.3, 0.4) is 0 Å². The standard InChI is InChI=1S/C19H15Cl2N5O4/c1-30-12-5-3-11(4-6-12)26-18(28)16-17(19(26)29)25(24-23-16)9-15(27)22-14-7-2-10(20)8-13(14)21/h2-8,16-17H,9H2,1H3,(H,22,27)/t16-,17-/m0/s1. The SMILES string of the molecule is COc1ccc(N2C(=O)[C@H]3N=NN(CC(=O)Nc4ccc(Cl)cc4Cl)[C@@H]3C2=O)cc1. The number of imide groups is 1. The summed E-state index contributed by atoms with van der Waals surface area (Å²) in [6, 6.07) is 9.17. The van der Waals surface area contributed by atoms with Crippen LogP contribution in [0.5, 0.6) is 5.75 Å². The van der Waals surface area contributed by atoms with E-state index in [1.54, 1.807) is 36.4 Å². The summed E-state index contributed by atoms with van der Waals surface area (Å²) in [7, 11) is 1.52. The van der Waals surface area contributed by atoms with E-state index in [1.165, 1.54) is 18.2 Å². The smallest absolute Gasteiger partial charge is 0.263 e. The van der Waals surface area contributed by atoms with Gasteiger partial charge in [0.15, 0.2) is 12.1 Å². The maximum absolute atomic E-state index is 12.9. The molecular weight excluding hydrogens is 433 g/mol. The summed E-state index contributed by atoms with van der Waals surface area (Å²) in [6.45, 7) is -0.279. The second-order valence-electron chi connectivity index (χ2n) is 6.57. The van der Waals surface area contributed by atoms with E-state index in [0.717, 1.165) is 4.90 Å². The number of anilines is 2. The third-order valence-electron chi connectivity index (χ3n) is 4.70. The van der Waals surface area contributed by atoms with Crippen molar-refractivity contribution in [3.05, 3.63) is 52.5 Å². The summed E-state index contributed by atoms with van der Waals surface area (Å²) in [6.07, 6.45) is 0. The molecule has 0 aromatic heterocycles. The zero-order valence-corrected chi connectivity index (χ0v) is 17.1. The fraction of sp³-hybridized carbons (Fsp3) is 0.211. The maximum atomic E-state index is 12.9. The van der Waals surface area contributed by atoms with Crippen LogP contribution in [0.25, 0.3) is 0 Å². The van der Waals surface area contributed by atoms with Crippen molar-refractivity contribution < 1.29 is 19.1 Å². The Balaban J connectivity index is 1.48. The zero-order chi connectivity index (χ0) is 21.4. The zero-order valence-electron chi connectivity index (χ0n) is 15.6. The van der Waals surface area contributed by atoms with Gasteiger partial charge in [-0.15, -0.1) is 0 Å². The van der Waals surface area contributed by atoms with E-state index in [1.807, 2.05) is 0 Å². The minimum atomic E-state index is -0.994. The van der Waals surface area contributed by atoms with Gasteiger partial charge in [0.2, 0.25) is 5.91 Å². The molecule has 2 aliphatic rings. The van der Waals surface area contributed by atoms with E-state index >= 15 is 0 Å². The van der Waals surface area contributed by atoms with Gasteiger partial charge in [-0.2, -0.15) is 5.11 Å². The van der Waals surface area contributed by atoms with Crippen LogP contribution in [0, 0.1) is 0 Å². The van der Waals surface area contributed by atoms with Crippen molar-refractivity contribution in [3.8, 4) is 5.75 Å². The summed E-state index contributed by atoms with van der Waals surface area (Å²) in [5.74, 6) is -0.876. The first kappa shape index (κ1) is 20.1. The molecule has 0 aliphatic carbocycles. The first-order valence-electron chi connectivity index (χ1n) is 8.83. The second-order valence-corrected chi connectivity index (χ2v) is 7.42. The van der Waals surface area contributed by atoms with E-state index in [2.05, 4.69) is 15.7 Å². The van der Waals surface area contributed by atoms with Crippen molar-refractivity contribution in [3.63, 3.8) is 0 Å². The van der Waals surface area contributed by atoms with Crippen molar-refractivity contribution >= 4 is 52.3 Å². The maximum Gasteiger partial charge on any atom is 0.263 e. The topological polar surface area (TPSA) is 104 Å². The van der Waals surface area contributed by atoms with Gasteiger partial charge in [0.1, 0.15) is 12.3 Å². The molecule has 1 saturated heterocycles. The molecule has 2 heterocycles. The number of carbonyl (C=O) groups excluding carboxylic acids is 3. The number of hydrogen-bond acceptors (Lipinski definition) is 7. The lowest BCUT2D eigenvalue weighted by Crippen LogP contribution is -2.43. The van der Waals surface area contributed by atoms with Crippen molar-refractivity contribution in [1.29, 1.82) is 0 Å². The number of rotatable bonds is 5. The number of benzene rings is 2. The predicted molar refractivity (Wildman–Crippen MR) is 110 cm³/mol. The monoisotopic (exact) mass is 447 g/mol. The lowest BCUT2D eigenvalue weighted by Gasteiger charge is -2.20. The van der Waals surface area contributed by atoms with Crippen molar-refractivity contribution in [2.75, 3.05) is 23.9 Å². The predicted octanol–water partition coefficient (Wildman–Crippen LogP) is 2.93. The molecule has 4 rings (SSSR count). The summed E-state index contributed by atoms with van der Waals surface area (Å²) in [5.41, 5.74) is 0.764. The number of ether oxygens (including phenoxy) is 1. The molecule has 0 unspecified atom stereocenters. The quantitative estimate of drug-likeness (QED) is 0.709. The minimum Gasteiger partial charge on any atom is -0.497 e. The van der Waals surface area contributed by atoms with Crippen LogP contribution >= 0.6 is 23.2 Å². The summed E-state index contributed by atoms with van der Waals surface area (Å²) >= 11 is 11.9. The molecule has 1 N–H and O–H groups in total. The van der Waals surface area contributed by atoms with Crippen molar-refractivity contribution in [2.45, 2.75) is 12.1 Å². The highest BCUT2D eigenvalue weighted by molar-refractivity contribution is 6.36. The highest BCUT2D eigenvalue weighted by atomic mass is 35.5. The van der Waals surface area contributed by atoms with Crippen LogP contribution in [-0.2, 0) is 14.4 Å². The molecule has 0 radical (unpaired) electrons. The number of nitrogens with one attached hydrogen (secondary N) is 1. The highest BCUT2D eigenvalue weighted by Crippen LogP contribution is 2.32. The van der Waals surface area contributed by atoms with Crippen LogP contribution in [0.4, 0.5) is 11.4 Å². The van der Waals surface area contributed by atoms with Crippen LogP contribution < -0.4 is 15.0 Å². The first-order valence-corrected chi connectivity index (χ1v) is 9.59. The Labute approximate surface area is 181 Å². The van der Waals surface area contributed by atoms with E-state index in [0.29, 0.717) is 22.1 Å². The number of halogens is 2. The number of amides is 3. The van der Waals surface area contributed by atoms with Gasteiger partial charge in [-0.1, -0.05) is 28.4 Å². The molecule has 9 nitrogen and oxygen atoms in total. The number of hydrogen-bond donors (Lipinski definition) is 1.